The van der Waals surface area contributed by atoms with E-state index < -0.39 is 0 Å². The minimum absolute atomic E-state index is 0.0158. The van der Waals surface area contributed by atoms with E-state index in [9.17, 15) is 0 Å². The fraction of sp³-hybridized carbons (Fsp3) is 0.283. The highest BCUT2D eigenvalue weighted by atomic mass is 32.1. The van der Waals surface area contributed by atoms with E-state index in [1.165, 1.54) is 187 Å². The van der Waals surface area contributed by atoms with Gasteiger partial charge in [-0.3, -0.25) is 0 Å². The molecule has 18 rings (SSSR count). The summed E-state index contributed by atoms with van der Waals surface area (Å²) in [5.74, 6) is 2.68. The van der Waals surface area contributed by atoms with Crippen LogP contribution in [0.4, 0.5) is 0 Å². The third-order valence-corrected chi connectivity index (χ3v) is 24.4. The molecule has 7 heteroatoms. The molecule has 0 saturated carbocycles. The van der Waals surface area contributed by atoms with Crippen molar-refractivity contribution in [3.8, 4) is 56.2 Å². The van der Waals surface area contributed by atoms with Crippen molar-refractivity contribution in [3.63, 3.8) is 0 Å². The fourth-order valence-electron chi connectivity index (χ4n) is 18.3. The number of thiophene rings is 1. The highest BCUT2D eigenvalue weighted by molar-refractivity contribution is 7.17. The predicted octanol–water partition coefficient (Wildman–Crippen LogP) is 26.3. The number of fused-ring (bicyclic) bond motifs is 12. The van der Waals surface area contributed by atoms with Gasteiger partial charge >= 0.3 is 0 Å². The van der Waals surface area contributed by atoms with E-state index in [0.717, 1.165) is 36.7 Å². The first kappa shape index (κ1) is 77.5. The quantitative estimate of drug-likeness (QED) is 0.106. The summed E-state index contributed by atoms with van der Waals surface area (Å²) in [5, 5.41) is 17.9. The topological polar surface area (TPSA) is 33.6 Å². The molecule has 0 bridgehead atoms. The Morgan fingerprint density at radius 1 is 0.336 bits per heavy atom. The van der Waals surface area contributed by atoms with E-state index in [0.29, 0.717) is 29.7 Å². The summed E-state index contributed by atoms with van der Waals surface area (Å²) in [7, 11) is 8.60. The largest absolute Gasteiger partial charge is 0.464 e. The number of furan rings is 1. The van der Waals surface area contributed by atoms with E-state index in [2.05, 4.69) is 392 Å². The molecular formula is C106H113N5OS+4. The van der Waals surface area contributed by atoms with Crippen molar-refractivity contribution in [2.75, 3.05) is 0 Å². The van der Waals surface area contributed by atoms with Gasteiger partial charge in [-0.05, 0) is 275 Å². The van der Waals surface area contributed by atoms with Gasteiger partial charge in [0.2, 0.25) is 22.8 Å². The van der Waals surface area contributed by atoms with Crippen molar-refractivity contribution in [2.45, 2.75) is 148 Å². The Kier molecular flexibility index (Phi) is 21.7. The van der Waals surface area contributed by atoms with Gasteiger partial charge in [-0.15, -0.1) is 11.3 Å². The zero-order chi connectivity index (χ0) is 79.6. The molecule has 0 fully saturated rings. The molecule has 113 heavy (non-hydrogen) atoms. The van der Waals surface area contributed by atoms with E-state index in [1.54, 1.807) is 6.26 Å². The van der Waals surface area contributed by atoms with Crippen molar-refractivity contribution < 1.29 is 22.7 Å². The van der Waals surface area contributed by atoms with Crippen molar-refractivity contribution in [1.82, 2.24) is 4.57 Å². The van der Waals surface area contributed by atoms with Crippen molar-refractivity contribution in [3.05, 3.63) is 298 Å². The number of nitrogens with zero attached hydrogens (tertiary/aromatic N) is 5. The summed E-state index contributed by atoms with van der Waals surface area (Å²) >= 11 is 1.82. The molecule has 570 valence electrons. The molecule has 7 heterocycles. The lowest BCUT2D eigenvalue weighted by atomic mass is 9.81. The molecular weight excluding hydrogens is 1390 g/mol. The van der Waals surface area contributed by atoms with Crippen LogP contribution in [0.5, 0.6) is 0 Å². The lowest BCUT2D eigenvalue weighted by molar-refractivity contribution is -0.659. The second-order valence-electron chi connectivity index (χ2n) is 35.0. The number of aryl methyl sites for hydroxylation is 8. The van der Waals surface area contributed by atoms with E-state index in [-0.39, 0.29) is 5.41 Å². The minimum Gasteiger partial charge on any atom is -0.464 e. The van der Waals surface area contributed by atoms with Crippen LogP contribution in [0.1, 0.15) is 145 Å². The average molecular weight is 1510 g/mol. The lowest BCUT2D eigenvalue weighted by Gasteiger charge is -2.22. The van der Waals surface area contributed by atoms with Crippen LogP contribution in [-0.4, -0.2) is 4.57 Å². The molecule has 0 N–H and O–H groups in total. The monoisotopic (exact) mass is 1500 g/mol. The lowest BCUT2D eigenvalue weighted by Crippen LogP contribution is -2.31. The Morgan fingerprint density at radius 2 is 0.752 bits per heavy atom. The molecule has 6 nitrogen and oxygen atoms in total. The standard InChI is InChI=1S/C30H33N2.C30H32N.C23H24NO.C23H24NS/c1-19(2)15-22-11-12-24-23(17-22)13-14-31(6)30(24)26-18-29-27(16-21(26)5)25-9-7-8-10-28(25)32(29)20(3)4;1-19(2)15-21-11-12-23-22(17-21)13-14-31(6)29(23)25-18-28-26(16-20(25)3)24-9-7-8-10-27(24)30(28,4)5;2*1-15(2)11-17-5-6-20-18(13-17)7-9-24(4)23(20)21-14-22-19(8-10-25-22)12-16(21)3/h7-14,16-20H,15H2,1-6H3;7-14,16-19H,15H2,1-6H3;2*5-10,12-15H,11H2,1-4H3/q4*+1. The molecule has 1 aliphatic carbocycles. The van der Waals surface area contributed by atoms with E-state index in [1.807, 2.05) is 17.4 Å². The predicted molar refractivity (Wildman–Crippen MR) is 481 cm³/mol. The highest BCUT2D eigenvalue weighted by Crippen LogP contribution is 2.51. The molecule has 0 saturated heterocycles. The van der Waals surface area contributed by atoms with Gasteiger partial charge in [0.15, 0.2) is 24.8 Å². The normalized spacial score (nSPS) is 12.5. The van der Waals surface area contributed by atoms with Crippen LogP contribution in [0, 0.1) is 51.4 Å². The Labute approximate surface area is 674 Å². The molecule has 0 spiro atoms. The Morgan fingerprint density at radius 3 is 1.23 bits per heavy atom. The number of benzene rings is 10. The zero-order valence-corrected chi connectivity index (χ0v) is 71.2. The van der Waals surface area contributed by atoms with Gasteiger partial charge in [0.1, 0.15) is 33.8 Å². The van der Waals surface area contributed by atoms with Crippen LogP contribution in [0.25, 0.3) is 142 Å². The number of hydrogen-bond donors (Lipinski definition) is 0. The van der Waals surface area contributed by atoms with Crippen LogP contribution in [-0.2, 0) is 59.3 Å². The van der Waals surface area contributed by atoms with Crippen LogP contribution in [0.3, 0.4) is 0 Å². The molecule has 0 radical (unpaired) electrons. The molecule has 0 amide bonds. The third-order valence-electron chi connectivity index (χ3n) is 23.5. The van der Waals surface area contributed by atoms with Gasteiger partial charge < -0.3 is 8.98 Å². The van der Waals surface area contributed by atoms with Crippen molar-refractivity contribution in [2.24, 2.45) is 51.9 Å². The number of hydrogen-bond acceptors (Lipinski definition) is 2. The molecule has 17 aromatic rings. The molecule has 1 aliphatic rings. The van der Waals surface area contributed by atoms with Crippen LogP contribution in [0.2, 0.25) is 0 Å². The average Bonchev–Trinajstić information content (AvgIpc) is 1.63. The maximum atomic E-state index is 5.64. The van der Waals surface area contributed by atoms with E-state index >= 15 is 0 Å². The smallest absolute Gasteiger partial charge is 0.220 e. The summed E-state index contributed by atoms with van der Waals surface area (Å²) < 4.78 is 18.5. The summed E-state index contributed by atoms with van der Waals surface area (Å²) in [4.78, 5) is 0. The first-order valence-corrected chi connectivity index (χ1v) is 42.0. The number of para-hydroxylation sites is 1. The third kappa shape index (κ3) is 15.3. The Bertz CT molecular complexity index is 6330. The maximum Gasteiger partial charge on any atom is 0.220 e. The van der Waals surface area contributed by atoms with Gasteiger partial charge in [0.05, 0.1) is 55.6 Å². The Hall–Kier alpha value is -10.9. The highest BCUT2D eigenvalue weighted by Gasteiger charge is 2.37. The molecule has 7 aromatic heterocycles. The summed E-state index contributed by atoms with van der Waals surface area (Å²) in [5.41, 5.74) is 30.5. The van der Waals surface area contributed by atoms with Gasteiger partial charge in [-0.25, -0.2) is 18.3 Å². The van der Waals surface area contributed by atoms with E-state index in [4.69, 9.17) is 4.42 Å². The maximum absolute atomic E-state index is 5.64. The van der Waals surface area contributed by atoms with Crippen LogP contribution < -0.4 is 18.3 Å². The van der Waals surface area contributed by atoms with Crippen molar-refractivity contribution >= 4 is 97.3 Å². The zero-order valence-electron chi connectivity index (χ0n) is 70.4. The molecule has 10 aromatic carbocycles. The second kappa shape index (κ2) is 31.6. The molecule has 0 atom stereocenters. The summed E-state index contributed by atoms with van der Waals surface area (Å²) in [6.45, 7) is 36.4. The number of rotatable bonds is 13. The minimum atomic E-state index is 0.0158. The first-order chi connectivity index (χ1) is 54.2. The number of aromatic nitrogens is 5. The van der Waals surface area contributed by atoms with Crippen LogP contribution >= 0.6 is 11.3 Å². The summed E-state index contributed by atoms with van der Waals surface area (Å²) in [6, 6.07) is 77.8. The Balaban J connectivity index is 0.000000120. The second-order valence-corrected chi connectivity index (χ2v) is 35.9. The van der Waals surface area contributed by atoms with Gasteiger partial charge in [-0.2, -0.15) is 0 Å². The van der Waals surface area contributed by atoms with Crippen LogP contribution in [0.15, 0.2) is 247 Å². The van der Waals surface area contributed by atoms with Crippen molar-refractivity contribution in [1.29, 1.82) is 0 Å². The van der Waals surface area contributed by atoms with Gasteiger partial charge in [0.25, 0.3) is 0 Å². The molecule has 0 aliphatic heterocycles. The number of pyridine rings is 4. The first-order valence-electron chi connectivity index (χ1n) is 41.1. The summed E-state index contributed by atoms with van der Waals surface area (Å²) in [6.07, 6.45) is 15.0. The van der Waals surface area contributed by atoms with Gasteiger partial charge in [0, 0.05) is 62.1 Å². The fourth-order valence-corrected chi connectivity index (χ4v) is 19.1. The van der Waals surface area contributed by atoms with Gasteiger partial charge in [-0.1, -0.05) is 166 Å². The molecule has 0 unspecified atom stereocenters. The SMILES string of the molecule is Cc1cc2c(cc1-c1c3ccc(CC(C)C)cc3cc[n+]1C)C(C)(C)c1ccccc1-2.Cc1cc2c3ccccc3n(C(C)C)c2cc1-c1c2ccc(CC(C)C)cc2cc[n+]1C.Cc1cc2ccoc2cc1-c1c2ccc(CC(C)C)cc2cc[n+]1C.Cc1cc2ccsc2cc1-c1c2ccc(CC(C)C)cc2cc[n+]1C.